The number of anilines is 1. The Bertz CT molecular complexity index is 1170. The molecule has 1 amide bonds. The van der Waals surface area contributed by atoms with Crippen LogP contribution in [0.5, 0.6) is 11.5 Å². The number of hydrogen-bond donors (Lipinski definition) is 1. The molecule has 1 aromatic heterocycles. The fraction of sp³-hybridized carbons (Fsp3) is 0.400. The van der Waals surface area contributed by atoms with Gasteiger partial charge in [-0.2, -0.15) is 0 Å². The van der Waals surface area contributed by atoms with Gasteiger partial charge in [-0.15, -0.1) is 0 Å². The number of aryl methyl sites for hydroxylation is 2. The van der Waals surface area contributed by atoms with Crippen molar-refractivity contribution in [2.45, 2.75) is 39.2 Å². The molecule has 1 N–H and O–H groups in total. The number of amides is 1. The van der Waals surface area contributed by atoms with Crippen molar-refractivity contribution in [3.63, 3.8) is 0 Å². The molecule has 2 aromatic carbocycles. The highest BCUT2D eigenvalue weighted by molar-refractivity contribution is 9.10. The number of halogens is 1. The number of benzene rings is 2. The fourth-order valence-electron chi connectivity index (χ4n) is 3.86. The van der Waals surface area contributed by atoms with Crippen molar-refractivity contribution in [2.75, 3.05) is 33.7 Å². The van der Waals surface area contributed by atoms with Crippen LogP contribution in [0.25, 0.3) is 10.9 Å². The van der Waals surface area contributed by atoms with Crippen molar-refractivity contribution in [3.05, 3.63) is 51.8 Å². The van der Waals surface area contributed by atoms with Gasteiger partial charge in [-0.25, -0.2) is 15.0 Å². The highest BCUT2D eigenvalue weighted by Crippen LogP contribution is 2.40. The second-order valence-corrected chi connectivity index (χ2v) is 8.87. The van der Waals surface area contributed by atoms with E-state index in [-0.39, 0.29) is 11.9 Å². The number of aromatic nitrogens is 2. The Balaban J connectivity index is 2.03. The van der Waals surface area contributed by atoms with Crippen molar-refractivity contribution >= 4 is 38.6 Å². The van der Waals surface area contributed by atoms with Gasteiger partial charge in [0.15, 0.2) is 11.5 Å². The molecular weight excluding hydrogens is 500 g/mol. The largest absolute Gasteiger partial charge is 0.493 e. The summed E-state index contributed by atoms with van der Waals surface area (Å²) in [4.78, 5) is 26.6. The molecule has 8 nitrogen and oxygen atoms in total. The van der Waals surface area contributed by atoms with Crippen LogP contribution in [-0.4, -0.2) is 49.3 Å². The first-order valence-corrected chi connectivity index (χ1v) is 11.8. The van der Waals surface area contributed by atoms with Crippen LogP contribution in [0.2, 0.25) is 0 Å². The van der Waals surface area contributed by atoms with Gasteiger partial charge in [-0.05, 0) is 50.5 Å². The molecule has 1 atom stereocenters. The molecule has 3 rings (SSSR count). The second-order valence-electron chi connectivity index (χ2n) is 7.95. The molecule has 3 aromatic rings. The van der Waals surface area contributed by atoms with Crippen LogP contribution in [0.4, 0.5) is 5.82 Å². The Morgan fingerprint density at radius 3 is 2.59 bits per heavy atom. The number of methoxy groups -OCH3 is 2. The molecule has 0 aliphatic heterocycles. The van der Waals surface area contributed by atoms with Crippen molar-refractivity contribution in [2.24, 2.45) is 0 Å². The average molecular weight is 531 g/mol. The van der Waals surface area contributed by atoms with Crippen molar-refractivity contribution in [1.82, 2.24) is 15.0 Å². The third-order valence-corrected chi connectivity index (χ3v) is 6.18. The number of ether oxygens (including phenoxy) is 2. The van der Waals surface area contributed by atoms with E-state index in [0.717, 1.165) is 26.5 Å². The summed E-state index contributed by atoms with van der Waals surface area (Å²) in [7, 11) is 6.29. The Kier molecular flexibility index (Phi) is 8.68. The van der Waals surface area contributed by atoms with E-state index in [4.69, 9.17) is 24.3 Å². The topological polar surface area (TPSA) is 85.8 Å². The lowest BCUT2D eigenvalue weighted by Crippen LogP contribution is -2.25. The number of hydroxylamine groups is 2. The summed E-state index contributed by atoms with van der Waals surface area (Å²) >= 11 is 3.54. The number of nitrogens with one attached hydrogen (secondary N) is 1. The number of hydrogen-bond acceptors (Lipinski definition) is 7. The molecular formula is C25H31BrN4O4. The Labute approximate surface area is 208 Å². The van der Waals surface area contributed by atoms with E-state index >= 15 is 0 Å². The summed E-state index contributed by atoms with van der Waals surface area (Å²) in [6.07, 6.45) is 1.52. The maximum absolute atomic E-state index is 12.2. The number of rotatable bonds is 10. The van der Waals surface area contributed by atoms with Gasteiger partial charge >= 0.3 is 0 Å². The van der Waals surface area contributed by atoms with E-state index in [9.17, 15) is 4.79 Å². The van der Waals surface area contributed by atoms with Crippen LogP contribution >= 0.6 is 15.9 Å². The third-order valence-electron chi connectivity index (χ3n) is 5.69. The van der Waals surface area contributed by atoms with Crippen LogP contribution in [0, 0.1) is 6.92 Å². The number of fused-ring (bicyclic) bond motifs is 1. The highest BCUT2D eigenvalue weighted by atomic mass is 79.9. The van der Waals surface area contributed by atoms with Crippen LogP contribution in [0.1, 0.15) is 42.8 Å². The summed E-state index contributed by atoms with van der Waals surface area (Å²) in [6.45, 7) is 3.95. The van der Waals surface area contributed by atoms with E-state index < -0.39 is 0 Å². The van der Waals surface area contributed by atoms with E-state index in [0.29, 0.717) is 42.4 Å². The highest BCUT2D eigenvalue weighted by Gasteiger charge is 2.21. The van der Waals surface area contributed by atoms with Crippen molar-refractivity contribution < 1.29 is 19.1 Å². The maximum atomic E-state index is 12.2. The summed E-state index contributed by atoms with van der Waals surface area (Å²) in [6, 6.07) is 10.1. The minimum atomic E-state index is -0.0929. The van der Waals surface area contributed by atoms with E-state index in [1.807, 2.05) is 25.1 Å². The van der Waals surface area contributed by atoms with Crippen LogP contribution in [0.15, 0.2) is 34.8 Å². The first-order valence-electron chi connectivity index (χ1n) is 11.0. The summed E-state index contributed by atoms with van der Waals surface area (Å²) in [5, 5.41) is 5.60. The van der Waals surface area contributed by atoms with Gasteiger partial charge in [0.05, 0.1) is 32.9 Å². The van der Waals surface area contributed by atoms with Gasteiger partial charge in [0, 0.05) is 28.9 Å². The van der Waals surface area contributed by atoms with Gasteiger partial charge in [0.25, 0.3) is 0 Å². The average Bonchev–Trinajstić information content (AvgIpc) is 2.82. The van der Waals surface area contributed by atoms with Crippen LogP contribution in [-0.2, 0) is 16.1 Å². The fourth-order valence-corrected chi connectivity index (χ4v) is 4.28. The third kappa shape index (κ3) is 5.77. The molecule has 34 heavy (non-hydrogen) atoms. The van der Waals surface area contributed by atoms with Crippen LogP contribution < -0.4 is 14.8 Å². The normalized spacial score (nSPS) is 11.9. The monoisotopic (exact) mass is 530 g/mol. The zero-order valence-electron chi connectivity index (χ0n) is 20.4. The van der Waals surface area contributed by atoms with Gasteiger partial charge < -0.3 is 14.8 Å². The second kappa shape index (κ2) is 11.5. The Morgan fingerprint density at radius 1 is 1.18 bits per heavy atom. The smallest absolute Gasteiger partial charge is 0.245 e. The molecule has 9 heteroatoms. The molecule has 0 bridgehead atoms. The minimum absolute atomic E-state index is 0.00810. The Morgan fingerprint density at radius 2 is 1.94 bits per heavy atom. The lowest BCUT2D eigenvalue weighted by Gasteiger charge is -2.20. The molecule has 0 radical (unpaired) electrons. The van der Waals surface area contributed by atoms with Gasteiger partial charge in [0.1, 0.15) is 11.6 Å². The van der Waals surface area contributed by atoms with Crippen molar-refractivity contribution in [1.29, 1.82) is 0 Å². The molecule has 182 valence electrons. The first kappa shape index (κ1) is 25.7. The molecule has 0 fully saturated rings. The number of carbonyl (C=O) groups is 1. The summed E-state index contributed by atoms with van der Waals surface area (Å²) in [5.41, 5.74) is 2.79. The van der Waals surface area contributed by atoms with E-state index in [2.05, 4.69) is 40.3 Å². The molecule has 1 heterocycles. The number of nitrogens with zero attached hydrogens (tertiary/aromatic N) is 3. The molecule has 0 spiro atoms. The first-order chi connectivity index (χ1) is 16.3. The van der Waals surface area contributed by atoms with Gasteiger partial charge in [-0.3, -0.25) is 9.63 Å². The SMILES string of the molecule is COc1cc2c(N[C@H](C)c3cccc(Br)c3)nc(C)nc2c(CCCC(=O)N(C)OC)c1OC. The number of carbonyl (C=O) groups excluding carboxylic acids is 1. The van der Waals surface area contributed by atoms with Crippen molar-refractivity contribution in [3.8, 4) is 11.5 Å². The maximum Gasteiger partial charge on any atom is 0.245 e. The van der Waals surface area contributed by atoms with Crippen LogP contribution in [0.3, 0.4) is 0 Å². The van der Waals surface area contributed by atoms with Gasteiger partial charge in [-0.1, -0.05) is 28.1 Å². The van der Waals surface area contributed by atoms with E-state index in [1.165, 1.54) is 12.2 Å². The molecule has 0 unspecified atom stereocenters. The standard InChI is InChI=1S/C25H31BrN4O4/c1-15(17-9-7-10-18(26)13-17)27-25-20-14-21(32-4)24(33-5)19(23(20)28-16(2)29-25)11-8-12-22(31)30(3)34-6/h7,9-10,13-15H,8,11-12H2,1-6H3,(H,27,28,29)/t15-/m1/s1. The predicted molar refractivity (Wildman–Crippen MR) is 136 cm³/mol. The zero-order valence-corrected chi connectivity index (χ0v) is 22.0. The minimum Gasteiger partial charge on any atom is -0.493 e. The molecule has 0 saturated carbocycles. The lowest BCUT2D eigenvalue weighted by atomic mass is 10.0. The summed E-state index contributed by atoms with van der Waals surface area (Å²) in [5.74, 6) is 2.47. The van der Waals surface area contributed by atoms with Gasteiger partial charge in [0.2, 0.25) is 5.91 Å². The lowest BCUT2D eigenvalue weighted by molar-refractivity contribution is -0.168. The molecule has 0 aliphatic rings. The quantitative estimate of drug-likeness (QED) is 0.359. The van der Waals surface area contributed by atoms with E-state index in [1.54, 1.807) is 21.3 Å². The molecule has 0 aliphatic carbocycles. The Hall–Kier alpha value is -2.91. The predicted octanol–water partition coefficient (Wildman–Crippen LogP) is 5.23. The zero-order chi connectivity index (χ0) is 24.8. The molecule has 0 saturated heterocycles. The summed E-state index contributed by atoms with van der Waals surface area (Å²) < 4.78 is 12.4.